The summed E-state index contributed by atoms with van der Waals surface area (Å²) in [5.41, 5.74) is 2.12. The lowest BCUT2D eigenvalue weighted by molar-refractivity contribution is -0.165. The van der Waals surface area contributed by atoms with Crippen molar-refractivity contribution in [3.63, 3.8) is 0 Å². The van der Waals surface area contributed by atoms with Crippen LogP contribution in [-0.4, -0.2) is 62.9 Å². The van der Waals surface area contributed by atoms with E-state index in [0.717, 1.165) is 37.8 Å². The Morgan fingerprint density at radius 3 is 2.59 bits per heavy atom. The summed E-state index contributed by atoms with van der Waals surface area (Å²) >= 11 is 0. The number of β-lactam (4-membered cyclic amide) rings is 1. The largest absolute Gasteiger partial charge is 0.511 e. The number of amides is 1. The Kier molecular flexibility index (Phi) is 6.23. The molecule has 1 saturated heterocycles. The summed E-state index contributed by atoms with van der Waals surface area (Å²) in [7, 11) is 1.79. The standard InChI is InChI=1S/C22H29N3O7/c1-12-9-16(23-24(12)3)15-10-17-18(13(2)26)20(27)25(17)19(15)21(28)30-11-31-22(29)32-14-7-5-4-6-8-14/h9,13-14,17-18,26H,4-8,10-11H2,1-3H3/t13-,17-,18-/m1/s1. The van der Waals surface area contributed by atoms with Gasteiger partial charge in [-0.15, -0.1) is 0 Å². The maximum absolute atomic E-state index is 12.9. The first-order valence-electron chi connectivity index (χ1n) is 11.0. The van der Waals surface area contributed by atoms with Crippen molar-refractivity contribution in [3.8, 4) is 0 Å². The molecule has 1 aromatic rings. The van der Waals surface area contributed by atoms with Gasteiger partial charge in [-0.2, -0.15) is 5.10 Å². The van der Waals surface area contributed by atoms with Gasteiger partial charge in [0, 0.05) is 18.3 Å². The van der Waals surface area contributed by atoms with E-state index < -0.39 is 30.9 Å². The fourth-order valence-electron chi connectivity index (χ4n) is 4.75. The van der Waals surface area contributed by atoms with E-state index in [1.54, 1.807) is 18.7 Å². The molecule has 1 amide bonds. The van der Waals surface area contributed by atoms with Gasteiger partial charge < -0.3 is 24.2 Å². The van der Waals surface area contributed by atoms with Crippen molar-refractivity contribution in [2.75, 3.05) is 6.79 Å². The highest BCUT2D eigenvalue weighted by Gasteiger charge is 2.57. The molecule has 0 spiro atoms. The van der Waals surface area contributed by atoms with Crippen molar-refractivity contribution < 1.29 is 33.7 Å². The van der Waals surface area contributed by atoms with Crippen LogP contribution in [0.25, 0.3) is 5.57 Å². The van der Waals surface area contributed by atoms with E-state index in [4.69, 9.17) is 14.2 Å². The number of hydrogen-bond donors (Lipinski definition) is 1. The lowest BCUT2D eigenvalue weighted by atomic mass is 9.83. The van der Waals surface area contributed by atoms with Gasteiger partial charge in [-0.25, -0.2) is 9.59 Å². The third kappa shape index (κ3) is 4.11. The molecule has 2 aliphatic heterocycles. The molecule has 2 fully saturated rings. The number of aryl methyl sites for hydroxylation is 2. The van der Waals surface area contributed by atoms with Crippen LogP contribution in [0.2, 0.25) is 0 Å². The average molecular weight is 447 g/mol. The Labute approximate surface area is 186 Å². The number of nitrogens with zero attached hydrogens (tertiary/aromatic N) is 3. The van der Waals surface area contributed by atoms with E-state index in [0.29, 0.717) is 17.7 Å². The molecule has 1 aliphatic carbocycles. The second-order valence-electron chi connectivity index (χ2n) is 8.69. The second kappa shape index (κ2) is 8.93. The first-order valence-corrected chi connectivity index (χ1v) is 11.0. The van der Waals surface area contributed by atoms with Crippen molar-refractivity contribution in [3.05, 3.63) is 23.2 Å². The van der Waals surface area contributed by atoms with Crippen LogP contribution in [-0.2, 0) is 30.8 Å². The molecule has 0 radical (unpaired) electrons. The number of hydrogen-bond acceptors (Lipinski definition) is 8. The molecule has 1 saturated carbocycles. The first kappa shape index (κ1) is 22.3. The zero-order valence-electron chi connectivity index (χ0n) is 18.6. The molecule has 3 heterocycles. The fourth-order valence-corrected chi connectivity index (χ4v) is 4.75. The van der Waals surface area contributed by atoms with Crippen LogP contribution in [0.15, 0.2) is 11.8 Å². The predicted molar refractivity (Wildman–Crippen MR) is 111 cm³/mol. The number of fused-ring (bicyclic) bond motifs is 1. The fraction of sp³-hybridized carbons (Fsp3) is 0.636. The number of carbonyl (C=O) groups is 3. The van der Waals surface area contributed by atoms with E-state index >= 15 is 0 Å². The Morgan fingerprint density at radius 2 is 1.97 bits per heavy atom. The number of aromatic nitrogens is 2. The summed E-state index contributed by atoms with van der Waals surface area (Å²) < 4.78 is 17.0. The molecule has 1 aromatic heterocycles. The van der Waals surface area contributed by atoms with Gasteiger partial charge in [-0.05, 0) is 52.0 Å². The zero-order chi connectivity index (χ0) is 23.0. The van der Waals surface area contributed by atoms with Gasteiger partial charge in [0.25, 0.3) is 0 Å². The van der Waals surface area contributed by atoms with Crippen molar-refractivity contribution in [1.82, 2.24) is 14.7 Å². The smallest absolute Gasteiger partial charge is 0.431 e. The van der Waals surface area contributed by atoms with E-state index in [1.165, 1.54) is 4.90 Å². The number of aliphatic hydroxyl groups is 1. The van der Waals surface area contributed by atoms with E-state index in [1.807, 2.05) is 13.0 Å². The number of aliphatic hydroxyl groups excluding tert-OH is 1. The van der Waals surface area contributed by atoms with Crippen molar-refractivity contribution in [2.45, 2.75) is 70.6 Å². The highest BCUT2D eigenvalue weighted by molar-refractivity contribution is 6.06. The van der Waals surface area contributed by atoms with Gasteiger partial charge in [0.15, 0.2) is 0 Å². The summed E-state index contributed by atoms with van der Waals surface area (Å²) in [5, 5.41) is 14.4. The van der Waals surface area contributed by atoms with E-state index in [9.17, 15) is 19.5 Å². The van der Waals surface area contributed by atoms with Crippen LogP contribution in [0.3, 0.4) is 0 Å². The Morgan fingerprint density at radius 1 is 1.25 bits per heavy atom. The number of rotatable bonds is 6. The molecule has 3 aliphatic rings. The van der Waals surface area contributed by atoms with Crippen LogP contribution < -0.4 is 0 Å². The maximum atomic E-state index is 12.9. The monoisotopic (exact) mass is 447 g/mol. The van der Waals surface area contributed by atoms with Crippen LogP contribution >= 0.6 is 0 Å². The molecule has 3 atom stereocenters. The maximum Gasteiger partial charge on any atom is 0.511 e. The second-order valence-corrected chi connectivity index (χ2v) is 8.69. The summed E-state index contributed by atoms with van der Waals surface area (Å²) in [6, 6.07) is 1.49. The number of carbonyl (C=O) groups excluding carboxylic acids is 3. The number of ether oxygens (including phenoxy) is 3. The van der Waals surface area contributed by atoms with Crippen molar-refractivity contribution >= 4 is 23.6 Å². The third-order valence-corrected chi connectivity index (χ3v) is 6.53. The van der Waals surface area contributed by atoms with Gasteiger partial charge in [-0.1, -0.05) is 6.42 Å². The molecule has 10 nitrogen and oxygen atoms in total. The molecule has 10 heteroatoms. The third-order valence-electron chi connectivity index (χ3n) is 6.53. The summed E-state index contributed by atoms with van der Waals surface area (Å²) in [6.07, 6.45) is 3.26. The SMILES string of the molecule is Cc1cc(C2=C(C(=O)OCOC(=O)OC3CCCCC3)N3C(=O)[C@H]([C@@H](C)O)[C@H]3C2)nn1C. The van der Waals surface area contributed by atoms with Crippen LogP contribution in [0.1, 0.15) is 56.8 Å². The molecule has 0 aromatic carbocycles. The average Bonchev–Trinajstić information content (AvgIpc) is 3.25. The normalized spacial score (nSPS) is 24.1. The van der Waals surface area contributed by atoms with E-state index in [-0.39, 0.29) is 23.8 Å². The highest BCUT2D eigenvalue weighted by atomic mass is 16.8. The van der Waals surface area contributed by atoms with Crippen LogP contribution in [0, 0.1) is 12.8 Å². The molecular formula is C22H29N3O7. The van der Waals surface area contributed by atoms with Gasteiger partial charge in [0.1, 0.15) is 11.8 Å². The minimum absolute atomic E-state index is 0.0826. The van der Waals surface area contributed by atoms with Crippen LogP contribution in [0.5, 0.6) is 0 Å². The topological polar surface area (TPSA) is 120 Å². The van der Waals surface area contributed by atoms with Crippen molar-refractivity contribution in [2.24, 2.45) is 13.0 Å². The quantitative estimate of drug-likeness (QED) is 0.400. The lowest BCUT2D eigenvalue weighted by Gasteiger charge is -2.44. The predicted octanol–water partition coefficient (Wildman–Crippen LogP) is 2.04. The summed E-state index contributed by atoms with van der Waals surface area (Å²) in [5.74, 6) is -1.70. The minimum atomic E-state index is -0.877. The summed E-state index contributed by atoms with van der Waals surface area (Å²) in [6.45, 7) is 2.83. The van der Waals surface area contributed by atoms with Gasteiger partial charge in [-0.3, -0.25) is 9.48 Å². The molecule has 174 valence electrons. The number of esters is 1. The minimum Gasteiger partial charge on any atom is -0.431 e. The first-order chi connectivity index (χ1) is 15.3. The zero-order valence-corrected chi connectivity index (χ0v) is 18.6. The Balaban J connectivity index is 1.44. The molecule has 4 rings (SSSR count). The van der Waals surface area contributed by atoms with Gasteiger partial charge in [0.05, 0.1) is 23.8 Å². The summed E-state index contributed by atoms with van der Waals surface area (Å²) in [4.78, 5) is 38.8. The molecule has 0 unspecified atom stereocenters. The lowest BCUT2D eigenvalue weighted by Crippen LogP contribution is -2.61. The van der Waals surface area contributed by atoms with Crippen LogP contribution in [0.4, 0.5) is 4.79 Å². The Bertz CT molecular complexity index is 926. The van der Waals surface area contributed by atoms with Gasteiger partial charge in [0.2, 0.25) is 12.7 Å². The molecular weight excluding hydrogens is 418 g/mol. The molecule has 1 N–H and O–H groups in total. The Hall–Kier alpha value is -2.88. The van der Waals surface area contributed by atoms with Gasteiger partial charge >= 0.3 is 12.1 Å². The van der Waals surface area contributed by atoms with Crippen molar-refractivity contribution in [1.29, 1.82) is 0 Å². The van der Waals surface area contributed by atoms with E-state index in [2.05, 4.69) is 5.10 Å². The highest BCUT2D eigenvalue weighted by Crippen LogP contribution is 2.47. The molecule has 32 heavy (non-hydrogen) atoms. The molecule has 0 bridgehead atoms.